The van der Waals surface area contributed by atoms with Crippen molar-refractivity contribution in [3.8, 4) is 11.8 Å². The molecule has 1 heterocycles. The molecule has 216 valence electrons. The average molecular weight is 554 g/mol. The van der Waals surface area contributed by atoms with Crippen molar-refractivity contribution >= 4 is 29.5 Å². The van der Waals surface area contributed by atoms with E-state index in [0.29, 0.717) is 30.6 Å². The number of amides is 3. The molecule has 1 unspecified atom stereocenters. The number of hydrogen-bond acceptors (Lipinski definition) is 8. The van der Waals surface area contributed by atoms with E-state index in [1.165, 1.54) is 0 Å². The van der Waals surface area contributed by atoms with Crippen LogP contribution in [0.1, 0.15) is 79.2 Å². The van der Waals surface area contributed by atoms with Crippen molar-refractivity contribution < 1.29 is 33.4 Å². The summed E-state index contributed by atoms with van der Waals surface area (Å²) in [6, 6.07) is 7.47. The van der Waals surface area contributed by atoms with Gasteiger partial charge in [0.2, 0.25) is 5.91 Å². The minimum absolute atomic E-state index is 0.0269. The Morgan fingerprint density at radius 2 is 1.68 bits per heavy atom. The molecule has 1 aromatic carbocycles. The first kappa shape index (κ1) is 32.2. The lowest BCUT2D eigenvalue weighted by Gasteiger charge is -2.25. The van der Waals surface area contributed by atoms with E-state index in [1.54, 1.807) is 52.0 Å². The molecular weight excluding hydrogens is 514 g/mol. The first-order valence-electron chi connectivity index (χ1n) is 13.5. The quantitative estimate of drug-likeness (QED) is 0.208. The summed E-state index contributed by atoms with van der Waals surface area (Å²) in [5.74, 6) is -2.46. The van der Waals surface area contributed by atoms with Gasteiger partial charge in [-0.15, -0.1) is 0 Å². The van der Waals surface area contributed by atoms with E-state index in [9.17, 15) is 24.0 Å². The lowest BCUT2D eigenvalue weighted by molar-refractivity contribution is -0.160. The second-order valence-corrected chi connectivity index (χ2v) is 11.2. The van der Waals surface area contributed by atoms with Crippen molar-refractivity contribution in [1.82, 2.24) is 10.2 Å². The minimum Gasteiger partial charge on any atom is -0.460 e. The fraction of sp³-hybridized carbons (Fsp3) is 0.533. The third-order valence-corrected chi connectivity index (χ3v) is 6.12. The molecule has 3 amide bonds. The molecule has 1 N–H and O–H groups in total. The predicted octanol–water partition coefficient (Wildman–Crippen LogP) is 3.83. The molecule has 1 aliphatic heterocycles. The van der Waals surface area contributed by atoms with Crippen LogP contribution in [0.3, 0.4) is 0 Å². The van der Waals surface area contributed by atoms with Crippen LogP contribution < -0.4 is 10.1 Å². The maximum Gasteiger partial charge on any atom is 0.309 e. The van der Waals surface area contributed by atoms with Crippen LogP contribution in [0.15, 0.2) is 36.1 Å². The molecule has 40 heavy (non-hydrogen) atoms. The molecule has 2 atom stereocenters. The number of carbonyl (C=O) groups is 5. The van der Waals surface area contributed by atoms with Gasteiger partial charge in [-0.3, -0.25) is 28.9 Å². The van der Waals surface area contributed by atoms with Crippen molar-refractivity contribution in [3.63, 3.8) is 0 Å². The lowest BCUT2D eigenvalue weighted by Crippen LogP contribution is -2.45. The van der Waals surface area contributed by atoms with Gasteiger partial charge >= 0.3 is 5.97 Å². The zero-order valence-corrected chi connectivity index (χ0v) is 24.1. The number of hydrogen-bond donors (Lipinski definition) is 1. The van der Waals surface area contributed by atoms with E-state index >= 15 is 0 Å². The van der Waals surface area contributed by atoms with Crippen LogP contribution >= 0.6 is 0 Å². The number of unbranched alkanes of at least 4 members (excludes halogenated alkanes) is 2. The molecule has 0 aliphatic carbocycles. The van der Waals surface area contributed by atoms with Crippen LogP contribution in [-0.2, 0) is 28.7 Å². The van der Waals surface area contributed by atoms with Crippen molar-refractivity contribution in [2.24, 2.45) is 11.8 Å². The number of rotatable bonds is 14. The summed E-state index contributed by atoms with van der Waals surface area (Å²) in [6.45, 7) is 10.8. The van der Waals surface area contributed by atoms with Crippen LogP contribution in [0.25, 0.3) is 0 Å². The zero-order chi connectivity index (χ0) is 30.0. The number of nitriles is 1. The van der Waals surface area contributed by atoms with Gasteiger partial charge in [0.15, 0.2) is 11.5 Å². The summed E-state index contributed by atoms with van der Waals surface area (Å²) in [5.41, 5.74) is -0.196. The van der Waals surface area contributed by atoms with Gasteiger partial charge in [-0.2, -0.15) is 5.26 Å². The number of nitrogens with zero attached hydrogens (tertiary/aromatic N) is 2. The van der Waals surface area contributed by atoms with Crippen LogP contribution in [0.4, 0.5) is 0 Å². The highest BCUT2D eigenvalue weighted by molar-refractivity contribution is 6.15. The molecule has 0 radical (unpaired) electrons. The zero-order valence-electron chi connectivity index (χ0n) is 24.1. The normalized spacial score (nSPS) is 14.8. The van der Waals surface area contributed by atoms with Gasteiger partial charge in [0.1, 0.15) is 11.4 Å². The molecule has 1 aromatic rings. The largest absolute Gasteiger partial charge is 0.460 e. The minimum atomic E-state index is -0.710. The van der Waals surface area contributed by atoms with Gasteiger partial charge in [-0.25, -0.2) is 0 Å². The Morgan fingerprint density at radius 3 is 2.25 bits per heavy atom. The second kappa shape index (κ2) is 14.4. The smallest absolute Gasteiger partial charge is 0.309 e. The summed E-state index contributed by atoms with van der Waals surface area (Å²) in [5, 5.41) is 11.7. The van der Waals surface area contributed by atoms with E-state index in [0.717, 1.165) is 11.0 Å². The molecule has 0 aromatic heterocycles. The molecule has 1 aliphatic rings. The van der Waals surface area contributed by atoms with E-state index < -0.39 is 35.3 Å². The standard InChI is InChI=1S/C30H39N3O7/c1-19(2)27(23(34)16-20(3)29(38)40-30(4,5)6)32-25(35)10-8-7-9-15-33-26(36)17-24(28(33)37)39-22-13-11-21(18-31)12-14-22/h11-14,17,19-20,27H,7-10,15-16H2,1-6H3,(H,32,35)/t20?,27-/m0/s1. The highest BCUT2D eigenvalue weighted by Gasteiger charge is 2.33. The van der Waals surface area contributed by atoms with Crippen LogP contribution in [-0.4, -0.2) is 52.6 Å². The number of nitrogens with one attached hydrogen (secondary N) is 1. The summed E-state index contributed by atoms with van der Waals surface area (Å²) >= 11 is 0. The molecule has 10 nitrogen and oxygen atoms in total. The van der Waals surface area contributed by atoms with Crippen LogP contribution in [0, 0.1) is 23.2 Å². The summed E-state index contributed by atoms with van der Waals surface area (Å²) in [6.07, 6.45) is 2.90. The van der Waals surface area contributed by atoms with Gasteiger partial charge in [0, 0.05) is 19.4 Å². The summed E-state index contributed by atoms with van der Waals surface area (Å²) in [7, 11) is 0. The number of ketones is 1. The van der Waals surface area contributed by atoms with Gasteiger partial charge in [0.25, 0.3) is 11.8 Å². The first-order chi connectivity index (χ1) is 18.7. The van der Waals surface area contributed by atoms with E-state index in [1.807, 2.05) is 19.9 Å². The highest BCUT2D eigenvalue weighted by Crippen LogP contribution is 2.21. The monoisotopic (exact) mass is 553 g/mol. The Bertz CT molecular complexity index is 1170. The number of ether oxygens (including phenoxy) is 2. The molecule has 0 saturated carbocycles. The Kier molecular flexibility index (Phi) is 11.6. The van der Waals surface area contributed by atoms with Crippen molar-refractivity contribution in [3.05, 3.63) is 41.7 Å². The SMILES string of the molecule is CC(CC(=O)[C@@H](NC(=O)CCCCCN1C(=O)C=C(Oc2ccc(C#N)cc2)C1=O)C(C)C)C(=O)OC(C)(C)C. The second-order valence-electron chi connectivity index (χ2n) is 11.2. The van der Waals surface area contributed by atoms with Crippen molar-refractivity contribution in [1.29, 1.82) is 5.26 Å². The fourth-order valence-electron chi connectivity index (χ4n) is 4.01. The maximum absolute atomic E-state index is 12.8. The van der Waals surface area contributed by atoms with E-state index in [2.05, 4.69) is 5.32 Å². The van der Waals surface area contributed by atoms with Crippen molar-refractivity contribution in [2.75, 3.05) is 6.54 Å². The molecular formula is C30H39N3O7. The molecule has 0 spiro atoms. The first-order valence-corrected chi connectivity index (χ1v) is 13.5. The van der Waals surface area contributed by atoms with Gasteiger partial charge in [-0.05, 0) is 63.8 Å². The fourth-order valence-corrected chi connectivity index (χ4v) is 4.01. The summed E-state index contributed by atoms with van der Waals surface area (Å²) < 4.78 is 10.9. The highest BCUT2D eigenvalue weighted by atomic mass is 16.6. The Hall–Kier alpha value is -4.00. The van der Waals surface area contributed by atoms with Crippen molar-refractivity contribution in [2.45, 2.75) is 85.3 Å². The van der Waals surface area contributed by atoms with Gasteiger partial charge < -0.3 is 14.8 Å². The third kappa shape index (κ3) is 9.95. The van der Waals surface area contributed by atoms with Gasteiger partial charge in [0.05, 0.1) is 29.7 Å². The number of benzene rings is 1. The Balaban J connectivity index is 1.75. The molecule has 0 saturated heterocycles. The van der Waals surface area contributed by atoms with Crippen LogP contribution in [0.2, 0.25) is 0 Å². The maximum atomic E-state index is 12.8. The predicted molar refractivity (Wildman–Crippen MR) is 146 cm³/mol. The third-order valence-electron chi connectivity index (χ3n) is 6.12. The molecule has 0 bridgehead atoms. The topological polar surface area (TPSA) is 143 Å². The number of esters is 1. The van der Waals surface area contributed by atoms with Crippen LogP contribution in [0.5, 0.6) is 5.75 Å². The molecule has 0 fully saturated rings. The molecule has 2 rings (SSSR count). The molecule has 10 heteroatoms. The van der Waals surface area contributed by atoms with E-state index in [4.69, 9.17) is 14.7 Å². The van der Waals surface area contributed by atoms with E-state index in [-0.39, 0.29) is 42.8 Å². The van der Waals surface area contributed by atoms with Gasteiger partial charge in [-0.1, -0.05) is 27.2 Å². The Morgan fingerprint density at radius 1 is 1.02 bits per heavy atom. The number of carbonyl (C=O) groups excluding carboxylic acids is 5. The Labute approximate surface area is 235 Å². The average Bonchev–Trinajstić information content (AvgIpc) is 3.13. The number of Topliss-reactive ketones (excluding diaryl/α,β-unsaturated/α-hetero) is 1. The summed E-state index contributed by atoms with van der Waals surface area (Å²) in [4.78, 5) is 63.6. The lowest BCUT2D eigenvalue weighted by atomic mass is 9.93. The number of imide groups is 1.